The topological polar surface area (TPSA) is 81.2 Å². The maximum atomic E-state index is 13.0. The molecule has 0 radical (unpaired) electrons. The number of nitrogens with zero attached hydrogens (tertiary/aromatic N) is 3. The number of carboxylic acid groups (broad SMARTS) is 1. The van der Waals surface area contributed by atoms with E-state index < -0.39 is 12.0 Å². The molecule has 26 heavy (non-hydrogen) atoms. The van der Waals surface area contributed by atoms with Crippen molar-refractivity contribution >= 4 is 17.9 Å². The summed E-state index contributed by atoms with van der Waals surface area (Å²) in [5.41, 5.74) is 0. The first kappa shape index (κ1) is 17.6. The van der Waals surface area contributed by atoms with Gasteiger partial charge in [-0.1, -0.05) is 6.42 Å². The predicted molar refractivity (Wildman–Crippen MR) is 94.5 cm³/mol. The highest BCUT2D eigenvalue weighted by atomic mass is 16.4. The van der Waals surface area contributed by atoms with Crippen LogP contribution < -0.4 is 0 Å². The second-order valence-electron chi connectivity index (χ2n) is 8.37. The highest BCUT2D eigenvalue weighted by Crippen LogP contribution is 2.43. The summed E-state index contributed by atoms with van der Waals surface area (Å²) in [7, 11) is 0. The second kappa shape index (κ2) is 7.08. The lowest BCUT2D eigenvalue weighted by Crippen LogP contribution is -2.50. The number of likely N-dealkylation sites (tertiary alicyclic amines) is 3. The van der Waals surface area contributed by atoms with E-state index in [4.69, 9.17) is 0 Å². The van der Waals surface area contributed by atoms with Crippen LogP contribution in [0.3, 0.4) is 0 Å². The Kier molecular flexibility index (Phi) is 4.80. The molecular formula is C19H29N3O4. The van der Waals surface area contributed by atoms with Crippen LogP contribution in [0.15, 0.2) is 0 Å². The average molecular weight is 363 g/mol. The molecule has 3 heterocycles. The van der Waals surface area contributed by atoms with Crippen molar-refractivity contribution in [1.29, 1.82) is 0 Å². The molecule has 3 atom stereocenters. The van der Waals surface area contributed by atoms with Crippen LogP contribution in [0.5, 0.6) is 0 Å². The van der Waals surface area contributed by atoms with Gasteiger partial charge in [0.2, 0.25) is 5.91 Å². The van der Waals surface area contributed by atoms with Crippen molar-refractivity contribution in [3.63, 3.8) is 0 Å². The Balaban J connectivity index is 1.36. The number of urea groups is 1. The van der Waals surface area contributed by atoms with Crippen molar-refractivity contribution in [3.8, 4) is 0 Å². The van der Waals surface area contributed by atoms with Crippen LogP contribution in [0.25, 0.3) is 0 Å². The van der Waals surface area contributed by atoms with Crippen LogP contribution in [-0.2, 0) is 9.59 Å². The number of fused-ring (bicyclic) bond motifs is 1. The summed E-state index contributed by atoms with van der Waals surface area (Å²) in [5, 5.41) is 9.66. The zero-order valence-corrected chi connectivity index (χ0v) is 15.3. The monoisotopic (exact) mass is 363 g/mol. The standard InChI is InChI=1S/C19H29N3O4/c23-17(22-12-14-4-3-5-15(14)16(22)18(24)25)13-6-10-21(11-7-13)19(26)20-8-1-2-9-20/h13-16H,1-12H2,(H,24,25). The van der Waals surface area contributed by atoms with Gasteiger partial charge in [-0.25, -0.2) is 9.59 Å². The van der Waals surface area contributed by atoms with Gasteiger partial charge in [0.15, 0.2) is 0 Å². The molecule has 3 saturated heterocycles. The van der Waals surface area contributed by atoms with E-state index in [1.165, 1.54) is 0 Å². The molecule has 7 nitrogen and oxygen atoms in total. The first-order chi connectivity index (χ1) is 12.6. The lowest BCUT2D eigenvalue weighted by molar-refractivity contribution is -0.151. The van der Waals surface area contributed by atoms with Crippen molar-refractivity contribution < 1.29 is 19.5 Å². The van der Waals surface area contributed by atoms with Crippen LogP contribution in [0.1, 0.15) is 44.9 Å². The van der Waals surface area contributed by atoms with Gasteiger partial charge >= 0.3 is 12.0 Å². The summed E-state index contributed by atoms with van der Waals surface area (Å²) in [6.07, 6.45) is 6.50. The van der Waals surface area contributed by atoms with Gasteiger partial charge < -0.3 is 19.8 Å². The molecule has 3 amide bonds. The minimum absolute atomic E-state index is 0.0000662. The fraction of sp³-hybridized carbons (Fsp3) is 0.842. The molecule has 4 aliphatic rings. The van der Waals surface area contributed by atoms with Crippen LogP contribution in [0.4, 0.5) is 4.79 Å². The molecule has 144 valence electrons. The van der Waals surface area contributed by atoms with Crippen LogP contribution in [-0.4, -0.2) is 76.5 Å². The molecular weight excluding hydrogens is 334 g/mol. The van der Waals surface area contributed by atoms with E-state index >= 15 is 0 Å². The fourth-order valence-electron chi connectivity index (χ4n) is 5.51. The quantitative estimate of drug-likeness (QED) is 0.808. The highest BCUT2D eigenvalue weighted by molar-refractivity contribution is 5.86. The van der Waals surface area contributed by atoms with Crippen molar-refractivity contribution in [2.75, 3.05) is 32.7 Å². The lowest BCUT2D eigenvalue weighted by atomic mass is 9.93. The van der Waals surface area contributed by atoms with Gasteiger partial charge in [0.25, 0.3) is 0 Å². The lowest BCUT2D eigenvalue weighted by Gasteiger charge is -2.36. The SMILES string of the molecule is O=C(O)C1C2CCCC2CN1C(=O)C1CCN(C(=O)N2CCCC2)CC1. The van der Waals surface area contributed by atoms with Crippen molar-refractivity contribution in [2.24, 2.45) is 17.8 Å². The fourth-order valence-corrected chi connectivity index (χ4v) is 5.51. The van der Waals surface area contributed by atoms with Crippen molar-refractivity contribution in [1.82, 2.24) is 14.7 Å². The van der Waals surface area contributed by atoms with E-state index in [1.54, 1.807) is 4.90 Å². The molecule has 1 aliphatic carbocycles. The van der Waals surface area contributed by atoms with Gasteiger partial charge in [-0.3, -0.25) is 4.79 Å². The normalized spacial score (nSPS) is 32.2. The number of hydrogen-bond donors (Lipinski definition) is 1. The van der Waals surface area contributed by atoms with Crippen LogP contribution >= 0.6 is 0 Å². The molecule has 4 rings (SSSR count). The first-order valence-corrected chi connectivity index (χ1v) is 10.1. The maximum absolute atomic E-state index is 13.0. The van der Waals surface area contributed by atoms with Crippen molar-refractivity contribution in [2.45, 2.75) is 51.0 Å². The van der Waals surface area contributed by atoms with E-state index in [0.717, 1.165) is 45.2 Å². The molecule has 1 saturated carbocycles. The molecule has 0 spiro atoms. The highest BCUT2D eigenvalue weighted by Gasteiger charge is 2.50. The van der Waals surface area contributed by atoms with Gasteiger partial charge in [0.05, 0.1) is 0 Å². The number of carbonyl (C=O) groups excluding carboxylic acids is 2. The van der Waals surface area contributed by atoms with Gasteiger partial charge in [0, 0.05) is 38.6 Å². The van der Waals surface area contributed by atoms with Crippen LogP contribution in [0.2, 0.25) is 0 Å². The van der Waals surface area contributed by atoms with Gasteiger partial charge in [0.1, 0.15) is 6.04 Å². The zero-order chi connectivity index (χ0) is 18.3. The molecule has 0 aromatic heterocycles. The number of hydrogen-bond acceptors (Lipinski definition) is 3. The van der Waals surface area contributed by atoms with Gasteiger partial charge in [-0.05, 0) is 50.4 Å². The summed E-state index contributed by atoms with van der Waals surface area (Å²) in [4.78, 5) is 42.7. The number of amides is 3. The first-order valence-electron chi connectivity index (χ1n) is 10.1. The van der Waals surface area contributed by atoms with E-state index in [2.05, 4.69) is 0 Å². The minimum Gasteiger partial charge on any atom is -0.480 e. The number of piperidine rings is 1. The van der Waals surface area contributed by atoms with Gasteiger partial charge in [-0.15, -0.1) is 0 Å². The molecule has 3 unspecified atom stereocenters. The van der Waals surface area contributed by atoms with E-state index in [1.807, 2.05) is 9.80 Å². The Morgan fingerprint density at radius 1 is 0.808 bits per heavy atom. The van der Waals surface area contributed by atoms with Crippen LogP contribution in [0, 0.1) is 17.8 Å². The summed E-state index contributed by atoms with van der Waals surface area (Å²) in [6, 6.07) is -0.535. The Hall–Kier alpha value is -1.79. The molecule has 0 aromatic rings. The number of rotatable bonds is 2. The third-order valence-corrected chi connectivity index (χ3v) is 6.92. The molecule has 4 fully saturated rings. The number of aliphatic carboxylic acids is 1. The Morgan fingerprint density at radius 3 is 2.12 bits per heavy atom. The third kappa shape index (κ3) is 3.05. The zero-order valence-electron chi connectivity index (χ0n) is 15.3. The third-order valence-electron chi connectivity index (χ3n) is 6.92. The largest absolute Gasteiger partial charge is 0.480 e. The smallest absolute Gasteiger partial charge is 0.326 e. The molecule has 7 heteroatoms. The molecule has 0 bridgehead atoms. The number of carbonyl (C=O) groups is 3. The minimum atomic E-state index is -0.852. The van der Waals surface area contributed by atoms with E-state index in [-0.39, 0.29) is 23.8 Å². The summed E-state index contributed by atoms with van der Waals surface area (Å²) < 4.78 is 0. The average Bonchev–Trinajstić information content (AvgIpc) is 3.36. The Morgan fingerprint density at radius 2 is 1.46 bits per heavy atom. The molecule has 1 N–H and O–H groups in total. The van der Waals surface area contributed by atoms with E-state index in [0.29, 0.717) is 38.4 Å². The summed E-state index contributed by atoms with van der Waals surface area (Å²) in [5.74, 6) is -0.502. The van der Waals surface area contributed by atoms with Crippen molar-refractivity contribution in [3.05, 3.63) is 0 Å². The maximum Gasteiger partial charge on any atom is 0.326 e. The Labute approximate surface area is 154 Å². The van der Waals surface area contributed by atoms with E-state index in [9.17, 15) is 19.5 Å². The second-order valence-corrected chi connectivity index (χ2v) is 8.37. The molecule has 3 aliphatic heterocycles. The predicted octanol–water partition coefficient (Wildman–Crippen LogP) is 1.63. The number of carboxylic acids is 1. The molecule has 0 aromatic carbocycles. The van der Waals surface area contributed by atoms with Gasteiger partial charge in [-0.2, -0.15) is 0 Å². The summed E-state index contributed by atoms with van der Waals surface area (Å²) in [6.45, 7) is 3.49. The summed E-state index contributed by atoms with van der Waals surface area (Å²) >= 11 is 0. The Bertz CT molecular complexity index is 581.